The molecule has 0 aromatic rings. The Bertz CT molecular complexity index is 219. The first-order chi connectivity index (χ1) is 8.63. The van der Waals surface area contributed by atoms with Crippen LogP contribution < -0.4 is 5.32 Å². The van der Waals surface area contributed by atoms with Crippen molar-refractivity contribution in [1.29, 1.82) is 0 Å². The molecule has 1 rings (SSSR count). The molecule has 1 aliphatic carbocycles. The van der Waals surface area contributed by atoms with Crippen LogP contribution in [0.15, 0.2) is 0 Å². The molecule has 1 saturated carbocycles. The lowest BCUT2D eigenvalue weighted by Crippen LogP contribution is -2.54. The van der Waals surface area contributed by atoms with Crippen LogP contribution in [0.5, 0.6) is 0 Å². The third-order valence-electron chi connectivity index (χ3n) is 4.62. The van der Waals surface area contributed by atoms with E-state index in [2.05, 4.69) is 38.2 Å². The Balaban J connectivity index is 2.61. The summed E-state index contributed by atoms with van der Waals surface area (Å²) in [4.78, 5) is 2.52. The molecule has 0 heterocycles. The van der Waals surface area contributed by atoms with Gasteiger partial charge in [-0.1, -0.05) is 19.8 Å². The Hall–Kier alpha value is -0.120. The number of rotatable bonds is 7. The Morgan fingerprint density at radius 2 is 2.11 bits per heavy atom. The molecule has 0 aliphatic heterocycles. The van der Waals surface area contributed by atoms with Crippen LogP contribution in [0.4, 0.5) is 0 Å². The molecule has 0 spiro atoms. The summed E-state index contributed by atoms with van der Waals surface area (Å²) in [6, 6.07) is 1.80. The monoisotopic (exact) mass is 256 g/mol. The number of ether oxygens (including phenoxy) is 1. The van der Waals surface area contributed by atoms with E-state index in [-0.39, 0.29) is 0 Å². The molecule has 1 aliphatic rings. The molecule has 1 N–H and O–H groups in total. The summed E-state index contributed by atoms with van der Waals surface area (Å²) < 4.78 is 5.30. The number of hydrogen-bond acceptors (Lipinski definition) is 3. The highest BCUT2D eigenvalue weighted by atomic mass is 16.5. The highest BCUT2D eigenvalue weighted by Gasteiger charge is 2.33. The third kappa shape index (κ3) is 4.22. The van der Waals surface area contributed by atoms with E-state index >= 15 is 0 Å². The first-order valence-electron chi connectivity index (χ1n) is 7.52. The largest absolute Gasteiger partial charge is 0.383 e. The van der Waals surface area contributed by atoms with Crippen molar-refractivity contribution in [2.45, 2.75) is 64.1 Å². The summed E-state index contributed by atoms with van der Waals surface area (Å²) in [5.74, 6) is 0.918. The van der Waals surface area contributed by atoms with Crippen LogP contribution in [0.1, 0.15) is 46.0 Å². The normalized spacial score (nSPS) is 30.7. The van der Waals surface area contributed by atoms with Crippen LogP contribution in [0.25, 0.3) is 0 Å². The molecule has 1 fully saturated rings. The molecule has 4 atom stereocenters. The van der Waals surface area contributed by atoms with E-state index in [0.29, 0.717) is 18.1 Å². The van der Waals surface area contributed by atoms with Gasteiger partial charge in [0.1, 0.15) is 0 Å². The van der Waals surface area contributed by atoms with E-state index in [0.717, 1.165) is 12.5 Å². The molecule has 0 radical (unpaired) electrons. The van der Waals surface area contributed by atoms with E-state index in [4.69, 9.17) is 4.74 Å². The van der Waals surface area contributed by atoms with Crippen molar-refractivity contribution in [3.8, 4) is 0 Å². The van der Waals surface area contributed by atoms with Crippen molar-refractivity contribution in [2.24, 2.45) is 5.92 Å². The van der Waals surface area contributed by atoms with E-state index in [1.54, 1.807) is 7.11 Å². The number of nitrogens with one attached hydrogen (secondary N) is 1. The summed E-state index contributed by atoms with van der Waals surface area (Å²) in [6.07, 6.45) is 6.75. The number of likely N-dealkylation sites (N-methyl/N-ethyl adjacent to an activating group) is 2. The molecule has 0 aromatic carbocycles. The van der Waals surface area contributed by atoms with Gasteiger partial charge in [0.05, 0.1) is 6.61 Å². The molecule has 4 unspecified atom stereocenters. The number of hydrogen-bond donors (Lipinski definition) is 1. The van der Waals surface area contributed by atoms with Crippen molar-refractivity contribution >= 4 is 0 Å². The van der Waals surface area contributed by atoms with E-state index < -0.39 is 0 Å². The summed E-state index contributed by atoms with van der Waals surface area (Å²) in [5.41, 5.74) is 0. The van der Waals surface area contributed by atoms with Gasteiger partial charge in [0.15, 0.2) is 0 Å². The van der Waals surface area contributed by atoms with Crippen molar-refractivity contribution in [1.82, 2.24) is 10.2 Å². The summed E-state index contributed by atoms with van der Waals surface area (Å²) >= 11 is 0. The average Bonchev–Trinajstić information content (AvgIpc) is 2.38. The van der Waals surface area contributed by atoms with Crippen molar-refractivity contribution in [3.05, 3.63) is 0 Å². The highest BCUT2D eigenvalue weighted by molar-refractivity contribution is 4.91. The average molecular weight is 256 g/mol. The third-order valence-corrected chi connectivity index (χ3v) is 4.62. The zero-order valence-corrected chi connectivity index (χ0v) is 12.9. The molecular weight excluding hydrogens is 224 g/mol. The first-order valence-corrected chi connectivity index (χ1v) is 7.52. The van der Waals surface area contributed by atoms with Gasteiger partial charge in [0, 0.05) is 25.2 Å². The maximum absolute atomic E-state index is 5.30. The van der Waals surface area contributed by atoms with Crippen LogP contribution in [0.3, 0.4) is 0 Å². The van der Waals surface area contributed by atoms with Crippen LogP contribution >= 0.6 is 0 Å². The maximum atomic E-state index is 5.30. The summed E-state index contributed by atoms with van der Waals surface area (Å²) in [7, 11) is 6.15. The Kier molecular flexibility index (Phi) is 7.20. The van der Waals surface area contributed by atoms with Crippen LogP contribution in [0, 0.1) is 5.92 Å². The topological polar surface area (TPSA) is 24.5 Å². The molecular formula is C15H32N2O. The molecule has 0 bridgehead atoms. The van der Waals surface area contributed by atoms with Crippen LogP contribution in [-0.4, -0.2) is 50.8 Å². The van der Waals surface area contributed by atoms with Crippen molar-refractivity contribution in [3.63, 3.8) is 0 Å². The SMILES string of the molecule is CCCC1CCC(NC)C(N(C)C(C)COC)C1. The predicted molar refractivity (Wildman–Crippen MR) is 78.0 cm³/mol. The standard InChI is InChI=1S/C15H32N2O/c1-6-7-13-8-9-14(16-3)15(10-13)17(4)12(2)11-18-5/h12-16H,6-11H2,1-5H3. The quantitative estimate of drug-likeness (QED) is 0.757. The van der Waals surface area contributed by atoms with Crippen molar-refractivity contribution in [2.75, 3.05) is 27.8 Å². The minimum absolute atomic E-state index is 0.497. The molecule has 3 heteroatoms. The molecule has 3 nitrogen and oxygen atoms in total. The number of methoxy groups -OCH3 is 1. The summed E-state index contributed by atoms with van der Waals surface area (Å²) in [6.45, 7) is 5.39. The zero-order chi connectivity index (χ0) is 13.5. The van der Waals surface area contributed by atoms with Gasteiger partial charge < -0.3 is 10.1 Å². The van der Waals surface area contributed by atoms with Gasteiger partial charge in [-0.25, -0.2) is 0 Å². The van der Waals surface area contributed by atoms with E-state index in [9.17, 15) is 0 Å². The van der Waals surface area contributed by atoms with Gasteiger partial charge in [-0.05, 0) is 46.2 Å². The fourth-order valence-electron chi connectivity index (χ4n) is 3.37. The second-order valence-corrected chi connectivity index (χ2v) is 5.90. The lowest BCUT2D eigenvalue weighted by atomic mass is 9.79. The smallest absolute Gasteiger partial charge is 0.0615 e. The molecule has 18 heavy (non-hydrogen) atoms. The molecule has 108 valence electrons. The first kappa shape index (κ1) is 15.9. The Labute approximate surface area is 113 Å². The second-order valence-electron chi connectivity index (χ2n) is 5.90. The lowest BCUT2D eigenvalue weighted by Gasteiger charge is -2.43. The molecule has 0 amide bonds. The van der Waals surface area contributed by atoms with Crippen LogP contribution in [-0.2, 0) is 4.74 Å². The van der Waals surface area contributed by atoms with Gasteiger partial charge >= 0.3 is 0 Å². The van der Waals surface area contributed by atoms with E-state index in [1.807, 2.05) is 0 Å². The van der Waals surface area contributed by atoms with Gasteiger partial charge in [-0.2, -0.15) is 0 Å². The Morgan fingerprint density at radius 3 is 2.67 bits per heavy atom. The van der Waals surface area contributed by atoms with Gasteiger partial charge in [-0.15, -0.1) is 0 Å². The zero-order valence-electron chi connectivity index (χ0n) is 12.9. The minimum atomic E-state index is 0.497. The maximum Gasteiger partial charge on any atom is 0.0615 e. The highest BCUT2D eigenvalue weighted by Crippen LogP contribution is 2.31. The summed E-state index contributed by atoms with van der Waals surface area (Å²) in [5, 5.41) is 3.51. The number of nitrogens with zero attached hydrogens (tertiary/aromatic N) is 1. The predicted octanol–water partition coefficient (Wildman–Crippen LogP) is 2.51. The fraction of sp³-hybridized carbons (Fsp3) is 1.00. The second kappa shape index (κ2) is 8.13. The van der Waals surface area contributed by atoms with Gasteiger partial charge in [0.25, 0.3) is 0 Å². The molecule has 0 saturated heterocycles. The van der Waals surface area contributed by atoms with E-state index in [1.165, 1.54) is 32.1 Å². The Morgan fingerprint density at radius 1 is 1.39 bits per heavy atom. The van der Waals surface area contributed by atoms with Gasteiger partial charge in [-0.3, -0.25) is 4.90 Å². The van der Waals surface area contributed by atoms with Crippen LogP contribution in [0.2, 0.25) is 0 Å². The molecule has 0 aromatic heterocycles. The van der Waals surface area contributed by atoms with Gasteiger partial charge in [0.2, 0.25) is 0 Å². The lowest BCUT2D eigenvalue weighted by molar-refractivity contribution is 0.0488. The minimum Gasteiger partial charge on any atom is -0.383 e. The van der Waals surface area contributed by atoms with Crippen molar-refractivity contribution < 1.29 is 4.74 Å². The fourth-order valence-corrected chi connectivity index (χ4v) is 3.37.